The number of carboxylic acid groups (broad SMARTS) is 1. The summed E-state index contributed by atoms with van der Waals surface area (Å²) >= 11 is 3.52. The Balaban J connectivity index is 1.73. The zero-order valence-electron chi connectivity index (χ0n) is 11.3. The van der Waals surface area contributed by atoms with Crippen LogP contribution in [0.5, 0.6) is 5.75 Å². The van der Waals surface area contributed by atoms with E-state index in [0.29, 0.717) is 25.9 Å². The van der Waals surface area contributed by atoms with Crippen LogP contribution >= 0.6 is 15.9 Å². The highest BCUT2D eigenvalue weighted by Gasteiger charge is 2.23. The number of hydrogen-bond acceptors (Lipinski definition) is 3. The number of amides is 1. The van der Waals surface area contributed by atoms with E-state index in [4.69, 9.17) is 9.84 Å². The summed E-state index contributed by atoms with van der Waals surface area (Å²) < 4.78 is 6.93. The van der Waals surface area contributed by atoms with E-state index in [9.17, 15) is 4.79 Å². The molecule has 1 aliphatic rings. The minimum absolute atomic E-state index is 0.0520. The molecule has 21 heavy (non-hydrogen) atoms. The fourth-order valence-electron chi connectivity index (χ4n) is 2.52. The lowest BCUT2D eigenvalue weighted by atomic mass is 10.1. The smallest absolute Gasteiger partial charge is 0.407 e. The number of aromatic nitrogens is 1. The maximum Gasteiger partial charge on any atom is 0.407 e. The standard InChI is InChI=1S/C15H15BrN2O3/c16-13-7-11-9-17-4-1-10(11)8-14(13)21-12-2-5-18(6-3-12)15(19)20/h1,4,7-9,12H,2-3,5-6H2,(H,19,20). The molecule has 1 amide bonds. The van der Waals surface area contributed by atoms with Gasteiger partial charge in [0.25, 0.3) is 0 Å². The molecule has 0 radical (unpaired) electrons. The van der Waals surface area contributed by atoms with Crippen LogP contribution in [-0.4, -0.2) is 40.3 Å². The zero-order valence-corrected chi connectivity index (χ0v) is 12.9. The van der Waals surface area contributed by atoms with Crippen molar-refractivity contribution in [2.75, 3.05) is 13.1 Å². The highest BCUT2D eigenvalue weighted by Crippen LogP contribution is 2.32. The monoisotopic (exact) mass is 350 g/mol. The first-order chi connectivity index (χ1) is 10.1. The molecule has 2 aromatic rings. The quantitative estimate of drug-likeness (QED) is 0.899. The van der Waals surface area contributed by atoms with Gasteiger partial charge in [-0.2, -0.15) is 0 Å². The van der Waals surface area contributed by atoms with Crippen molar-refractivity contribution in [2.24, 2.45) is 0 Å². The fraction of sp³-hybridized carbons (Fsp3) is 0.333. The fourth-order valence-corrected chi connectivity index (χ4v) is 2.98. The van der Waals surface area contributed by atoms with Crippen LogP contribution in [-0.2, 0) is 0 Å². The van der Waals surface area contributed by atoms with Crippen LogP contribution in [0.3, 0.4) is 0 Å². The van der Waals surface area contributed by atoms with E-state index in [1.807, 2.05) is 24.4 Å². The van der Waals surface area contributed by atoms with Crippen molar-refractivity contribution in [3.05, 3.63) is 35.1 Å². The number of rotatable bonds is 2. The second-order valence-electron chi connectivity index (χ2n) is 5.09. The Kier molecular flexibility index (Phi) is 3.96. The first-order valence-corrected chi connectivity index (χ1v) is 7.60. The van der Waals surface area contributed by atoms with Crippen molar-refractivity contribution < 1.29 is 14.6 Å². The highest BCUT2D eigenvalue weighted by atomic mass is 79.9. The predicted molar refractivity (Wildman–Crippen MR) is 82.7 cm³/mol. The lowest BCUT2D eigenvalue weighted by Gasteiger charge is -2.30. The average Bonchev–Trinajstić information content (AvgIpc) is 2.48. The third-order valence-corrected chi connectivity index (χ3v) is 4.32. The van der Waals surface area contributed by atoms with E-state index >= 15 is 0 Å². The van der Waals surface area contributed by atoms with Crippen molar-refractivity contribution in [2.45, 2.75) is 18.9 Å². The Morgan fingerprint density at radius 1 is 1.33 bits per heavy atom. The molecule has 0 atom stereocenters. The number of hydrogen-bond donors (Lipinski definition) is 1. The summed E-state index contributed by atoms with van der Waals surface area (Å²) in [6.07, 6.45) is 4.20. The topological polar surface area (TPSA) is 62.7 Å². The number of piperidine rings is 1. The number of ether oxygens (including phenoxy) is 1. The summed E-state index contributed by atoms with van der Waals surface area (Å²) in [6.45, 7) is 1.05. The molecule has 2 heterocycles. The van der Waals surface area contributed by atoms with Crippen LogP contribution < -0.4 is 4.74 Å². The van der Waals surface area contributed by atoms with Crippen molar-refractivity contribution in [3.63, 3.8) is 0 Å². The maximum absolute atomic E-state index is 10.9. The second-order valence-corrected chi connectivity index (χ2v) is 5.95. The van der Waals surface area contributed by atoms with Crippen molar-refractivity contribution in [1.82, 2.24) is 9.88 Å². The number of halogens is 1. The van der Waals surface area contributed by atoms with Gasteiger partial charge in [-0.3, -0.25) is 4.98 Å². The number of benzene rings is 1. The van der Waals surface area contributed by atoms with Crippen LogP contribution in [0.15, 0.2) is 35.1 Å². The molecule has 3 rings (SSSR count). The van der Waals surface area contributed by atoms with E-state index in [0.717, 1.165) is 21.0 Å². The Labute approximate surface area is 130 Å². The molecule has 1 aromatic heterocycles. The van der Waals surface area contributed by atoms with Gasteiger partial charge in [0, 0.05) is 43.7 Å². The molecule has 0 spiro atoms. The number of fused-ring (bicyclic) bond motifs is 1. The largest absolute Gasteiger partial charge is 0.489 e. The first kappa shape index (κ1) is 14.1. The number of carbonyl (C=O) groups is 1. The predicted octanol–water partition coefficient (Wildman–Crippen LogP) is 3.52. The van der Waals surface area contributed by atoms with E-state index in [2.05, 4.69) is 20.9 Å². The summed E-state index contributed by atoms with van der Waals surface area (Å²) in [5, 5.41) is 11.1. The lowest BCUT2D eigenvalue weighted by Crippen LogP contribution is -2.41. The molecule has 6 heteroatoms. The molecule has 1 aliphatic heterocycles. The molecular weight excluding hydrogens is 336 g/mol. The van der Waals surface area contributed by atoms with Crippen molar-refractivity contribution in [3.8, 4) is 5.75 Å². The second kappa shape index (κ2) is 5.89. The molecule has 5 nitrogen and oxygen atoms in total. The Bertz CT molecular complexity index is 669. The molecule has 0 bridgehead atoms. The summed E-state index contributed by atoms with van der Waals surface area (Å²) in [5.41, 5.74) is 0. The summed E-state index contributed by atoms with van der Waals surface area (Å²) in [5.74, 6) is 0.794. The molecule has 1 saturated heterocycles. The van der Waals surface area contributed by atoms with Crippen LogP contribution in [0.1, 0.15) is 12.8 Å². The summed E-state index contributed by atoms with van der Waals surface area (Å²) in [7, 11) is 0. The lowest BCUT2D eigenvalue weighted by molar-refractivity contribution is 0.0892. The average molecular weight is 351 g/mol. The first-order valence-electron chi connectivity index (χ1n) is 6.81. The Morgan fingerprint density at radius 3 is 2.81 bits per heavy atom. The van der Waals surface area contributed by atoms with Gasteiger partial charge in [-0.05, 0) is 39.5 Å². The van der Waals surface area contributed by atoms with E-state index < -0.39 is 6.09 Å². The van der Waals surface area contributed by atoms with Gasteiger partial charge in [0.05, 0.1) is 4.47 Å². The molecule has 1 N–H and O–H groups in total. The van der Waals surface area contributed by atoms with Crippen LogP contribution in [0.2, 0.25) is 0 Å². The van der Waals surface area contributed by atoms with Gasteiger partial charge in [-0.1, -0.05) is 0 Å². The molecule has 0 unspecified atom stereocenters. The summed E-state index contributed by atoms with van der Waals surface area (Å²) in [4.78, 5) is 16.4. The van der Waals surface area contributed by atoms with Crippen LogP contribution in [0, 0.1) is 0 Å². The molecule has 1 aromatic carbocycles. The molecular formula is C15H15BrN2O3. The Morgan fingerprint density at radius 2 is 2.10 bits per heavy atom. The van der Waals surface area contributed by atoms with Crippen LogP contribution in [0.4, 0.5) is 4.79 Å². The Hall–Kier alpha value is -1.82. The van der Waals surface area contributed by atoms with Crippen molar-refractivity contribution >= 4 is 32.8 Å². The SMILES string of the molecule is O=C(O)N1CCC(Oc2cc3ccncc3cc2Br)CC1. The van der Waals surface area contributed by atoms with E-state index in [1.165, 1.54) is 4.90 Å². The van der Waals surface area contributed by atoms with Gasteiger partial charge < -0.3 is 14.7 Å². The summed E-state index contributed by atoms with van der Waals surface area (Å²) in [6, 6.07) is 5.93. The molecule has 0 aliphatic carbocycles. The van der Waals surface area contributed by atoms with Gasteiger partial charge in [-0.25, -0.2) is 4.79 Å². The normalized spacial score (nSPS) is 16.1. The van der Waals surface area contributed by atoms with Gasteiger partial charge in [0.15, 0.2) is 0 Å². The number of nitrogens with zero attached hydrogens (tertiary/aromatic N) is 2. The van der Waals surface area contributed by atoms with Gasteiger partial charge in [-0.15, -0.1) is 0 Å². The number of likely N-dealkylation sites (tertiary alicyclic amines) is 1. The maximum atomic E-state index is 10.9. The highest BCUT2D eigenvalue weighted by molar-refractivity contribution is 9.10. The van der Waals surface area contributed by atoms with Gasteiger partial charge >= 0.3 is 6.09 Å². The van der Waals surface area contributed by atoms with Crippen molar-refractivity contribution in [1.29, 1.82) is 0 Å². The molecule has 0 saturated carbocycles. The minimum atomic E-state index is -0.854. The van der Waals surface area contributed by atoms with E-state index in [1.54, 1.807) is 6.20 Å². The van der Waals surface area contributed by atoms with Gasteiger partial charge in [0.2, 0.25) is 0 Å². The third-order valence-electron chi connectivity index (χ3n) is 3.70. The third kappa shape index (κ3) is 3.10. The molecule has 1 fully saturated rings. The zero-order chi connectivity index (χ0) is 14.8. The minimum Gasteiger partial charge on any atom is -0.489 e. The van der Waals surface area contributed by atoms with E-state index in [-0.39, 0.29) is 6.10 Å². The van der Waals surface area contributed by atoms with Gasteiger partial charge in [0.1, 0.15) is 11.9 Å². The molecule has 110 valence electrons. The number of pyridine rings is 1. The van der Waals surface area contributed by atoms with Crippen LogP contribution in [0.25, 0.3) is 10.8 Å².